The number of nitrogens with one attached hydrogen (secondary N) is 1. The average Bonchev–Trinajstić information content (AvgIpc) is 2.63. The first-order valence-corrected chi connectivity index (χ1v) is 9.87. The number of pyridine rings is 1. The van der Waals surface area contributed by atoms with Crippen molar-refractivity contribution in [2.45, 2.75) is 18.0 Å². The van der Waals surface area contributed by atoms with Gasteiger partial charge in [-0.2, -0.15) is 13.2 Å². The predicted molar refractivity (Wildman–Crippen MR) is 102 cm³/mol. The highest BCUT2D eigenvalue weighted by atomic mass is 35.5. The van der Waals surface area contributed by atoms with E-state index in [4.69, 9.17) is 11.6 Å². The Hall–Kier alpha value is -2.58. The SMILES string of the molecule is Cc1c(Cl)cccc1S(=O)(=O)Nc1cccc(-c2ccccc2C(F)(F)F)n1. The van der Waals surface area contributed by atoms with Crippen molar-refractivity contribution >= 4 is 27.4 Å². The molecule has 0 saturated heterocycles. The van der Waals surface area contributed by atoms with Crippen molar-refractivity contribution in [1.82, 2.24) is 4.98 Å². The summed E-state index contributed by atoms with van der Waals surface area (Å²) in [5.41, 5.74) is -0.644. The second-order valence-corrected chi connectivity index (χ2v) is 7.98. The van der Waals surface area contributed by atoms with Crippen LogP contribution in [0.15, 0.2) is 65.6 Å². The van der Waals surface area contributed by atoms with Crippen molar-refractivity contribution in [3.8, 4) is 11.3 Å². The lowest BCUT2D eigenvalue weighted by atomic mass is 10.0. The summed E-state index contributed by atoms with van der Waals surface area (Å²) in [5.74, 6) is -0.103. The van der Waals surface area contributed by atoms with E-state index in [9.17, 15) is 21.6 Å². The van der Waals surface area contributed by atoms with Crippen LogP contribution in [0, 0.1) is 6.92 Å². The van der Waals surface area contributed by atoms with Crippen molar-refractivity contribution in [2.24, 2.45) is 0 Å². The minimum Gasteiger partial charge on any atom is -0.263 e. The van der Waals surface area contributed by atoms with Crippen molar-refractivity contribution in [2.75, 3.05) is 4.72 Å². The van der Waals surface area contributed by atoms with E-state index < -0.39 is 21.8 Å². The Morgan fingerprint density at radius 1 is 0.964 bits per heavy atom. The largest absolute Gasteiger partial charge is 0.417 e. The number of anilines is 1. The lowest BCUT2D eigenvalue weighted by Crippen LogP contribution is -2.15. The monoisotopic (exact) mass is 426 g/mol. The molecule has 1 N–H and O–H groups in total. The molecule has 0 saturated carbocycles. The molecule has 0 radical (unpaired) electrons. The summed E-state index contributed by atoms with van der Waals surface area (Å²) >= 11 is 5.97. The number of hydrogen-bond donors (Lipinski definition) is 1. The Bertz CT molecular complexity index is 1130. The fourth-order valence-corrected chi connectivity index (χ4v) is 4.17. The van der Waals surface area contributed by atoms with Gasteiger partial charge in [0.1, 0.15) is 5.82 Å². The highest BCUT2D eigenvalue weighted by molar-refractivity contribution is 7.92. The summed E-state index contributed by atoms with van der Waals surface area (Å²) in [6.45, 7) is 1.56. The van der Waals surface area contributed by atoms with Crippen LogP contribution in [-0.4, -0.2) is 13.4 Å². The minimum absolute atomic E-state index is 0.00376. The second-order valence-electron chi connectivity index (χ2n) is 5.92. The first-order chi connectivity index (χ1) is 13.1. The Kier molecular flexibility index (Phi) is 5.36. The standard InChI is InChI=1S/C19H14ClF3N2O2S/c1-12-15(20)8-4-10-17(12)28(26,27)25-18-11-5-9-16(24-18)13-6-2-3-7-14(13)19(21,22)23/h2-11H,1H3,(H,24,25). The molecule has 0 spiro atoms. The fraction of sp³-hybridized carbons (Fsp3) is 0.105. The maximum atomic E-state index is 13.3. The van der Waals surface area contributed by atoms with Crippen LogP contribution in [0.3, 0.4) is 0 Å². The first-order valence-electron chi connectivity index (χ1n) is 8.01. The van der Waals surface area contributed by atoms with Crippen LogP contribution < -0.4 is 4.72 Å². The van der Waals surface area contributed by atoms with Crippen molar-refractivity contribution in [1.29, 1.82) is 0 Å². The van der Waals surface area contributed by atoms with Crippen LogP contribution in [0.5, 0.6) is 0 Å². The molecule has 0 aliphatic heterocycles. The van der Waals surface area contributed by atoms with Gasteiger partial charge in [0.25, 0.3) is 10.0 Å². The Balaban J connectivity index is 2.01. The van der Waals surface area contributed by atoms with Gasteiger partial charge >= 0.3 is 6.18 Å². The van der Waals surface area contributed by atoms with E-state index in [1.165, 1.54) is 48.5 Å². The molecule has 0 amide bonds. The predicted octanol–water partition coefficient (Wildman–Crippen LogP) is 5.53. The molecule has 0 unspecified atom stereocenters. The minimum atomic E-state index is -4.56. The number of benzene rings is 2. The third-order valence-electron chi connectivity index (χ3n) is 4.00. The van der Waals surface area contributed by atoms with Gasteiger partial charge in [-0.1, -0.05) is 41.9 Å². The lowest BCUT2D eigenvalue weighted by molar-refractivity contribution is -0.137. The van der Waals surface area contributed by atoms with E-state index >= 15 is 0 Å². The zero-order chi connectivity index (χ0) is 20.5. The van der Waals surface area contributed by atoms with Crippen LogP contribution in [0.2, 0.25) is 5.02 Å². The van der Waals surface area contributed by atoms with Crippen LogP contribution in [0.25, 0.3) is 11.3 Å². The number of halogens is 4. The highest BCUT2D eigenvalue weighted by Gasteiger charge is 2.33. The number of sulfonamides is 1. The Labute approximate surface area is 165 Å². The molecule has 4 nitrogen and oxygen atoms in total. The summed E-state index contributed by atoms with van der Waals surface area (Å²) in [6.07, 6.45) is -4.56. The summed E-state index contributed by atoms with van der Waals surface area (Å²) in [7, 11) is -4.02. The zero-order valence-electron chi connectivity index (χ0n) is 14.5. The Morgan fingerprint density at radius 3 is 2.36 bits per heavy atom. The van der Waals surface area contributed by atoms with Gasteiger partial charge in [-0.05, 0) is 42.8 Å². The molecule has 0 fully saturated rings. The number of rotatable bonds is 4. The van der Waals surface area contributed by atoms with Crippen molar-refractivity contribution in [3.05, 3.63) is 76.8 Å². The van der Waals surface area contributed by atoms with Crippen molar-refractivity contribution in [3.63, 3.8) is 0 Å². The molecule has 0 aliphatic rings. The van der Waals surface area contributed by atoms with Gasteiger partial charge in [-0.15, -0.1) is 0 Å². The average molecular weight is 427 g/mol. The molecule has 146 valence electrons. The number of hydrogen-bond acceptors (Lipinski definition) is 3. The lowest BCUT2D eigenvalue weighted by Gasteiger charge is -2.14. The molecule has 0 atom stereocenters. The molecule has 0 bridgehead atoms. The molecule has 3 rings (SSSR count). The molecule has 0 aliphatic carbocycles. The summed E-state index contributed by atoms with van der Waals surface area (Å²) in [5, 5.41) is 0.281. The summed E-state index contributed by atoms with van der Waals surface area (Å²) in [6, 6.07) is 13.6. The van der Waals surface area contributed by atoms with Crippen LogP contribution in [0.1, 0.15) is 11.1 Å². The zero-order valence-corrected chi connectivity index (χ0v) is 16.0. The van der Waals surface area contributed by atoms with E-state index in [0.29, 0.717) is 5.56 Å². The molecule has 3 aromatic rings. The number of nitrogens with zero attached hydrogens (tertiary/aromatic N) is 1. The molecule has 9 heteroatoms. The van der Waals surface area contributed by atoms with E-state index in [0.717, 1.165) is 6.07 Å². The van der Waals surface area contributed by atoms with Crippen LogP contribution >= 0.6 is 11.6 Å². The van der Waals surface area contributed by atoms with Crippen molar-refractivity contribution < 1.29 is 21.6 Å². The molecule has 28 heavy (non-hydrogen) atoms. The van der Waals surface area contributed by atoms with Gasteiger partial charge < -0.3 is 0 Å². The summed E-state index contributed by atoms with van der Waals surface area (Å²) < 4.78 is 67.4. The Morgan fingerprint density at radius 2 is 1.64 bits per heavy atom. The normalized spacial score (nSPS) is 12.0. The number of alkyl halides is 3. The van der Waals surface area contributed by atoms with Gasteiger partial charge in [0.15, 0.2) is 0 Å². The first kappa shape index (κ1) is 20.2. The van der Waals surface area contributed by atoms with Crippen LogP contribution in [-0.2, 0) is 16.2 Å². The quantitative estimate of drug-likeness (QED) is 0.596. The van der Waals surface area contributed by atoms with E-state index in [2.05, 4.69) is 9.71 Å². The van der Waals surface area contributed by atoms with Gasteiger partial charge in [0, 0.05) is 10.6 Å². The molecule has 2 aromatic carbocycles. The van der Waals surface area contributed by atoms with E-state index in [-0.39, 0.29) is 27.0 Å². The molecular weight excluding hydrogens is 413 g/mol. The number of aromatic nitrogens is 1. The van der Waals surface area contributed by atoms with E-state index in [1.807, 2.05) is 0 Å². The molecule has 1 aromatic heterocycles. The summed E-state index contributed by atoms with van der Waals surface area (Å²) in [4.78, 5) is 4.02. The van der Waals surface area contributed by atoms with Crippen LogP contribution in [0.4, 0.5) is 19.0 Å². The second kappa shape index (κ2) is 7.44. The maximum Gasteiger partial charge on any atom is 0.417 e. The van der Waals surface area contributed by atoms with Gasteiger partial charge in [0.2, 0.25) is 0 Å². The molecular formula is C19H14ClF3N2O2S. The third-order valence-corrected chi connectivity index (χ3v) is 5.91. The topological polar surface area (TPSA) is 59.1 Å². The smallest absolute Gasteiger partial charge is 0.263 e. The maximum absolute atomic E-state index is 13.3. The fourth-order valence-electron chi connectivity index (χ4n) is 2.67. The van der Waals surface area contributed by atoms with E-state index in [1.54, 1.807) is 13.0 Å². The highest BCUT2D eigenvalue weighted by Crippen LogP contribution is 2.36. The van der Waals surface area contributed by atoms with Gasteiger partial charge in [0.05, 0.1) is 16.2 Å². The van der Waals surface area contributed by atoms with Gasteiger partial charge in [-0.25, -0.2) is 13.4 Å². The molecule has 1 heterocycles. The van der Waals surface area contributed by atoms with Gasteiger partial charge in [-0.3, -0.25) is 4.72 Å². The third kappa shape index (κ3) is 4.13.